The molecule has 116 valence electrons. The van der Waals surface area contributed by atoms with Crippen molar-refractivity contribution >= 4 is 22.5 Å². The number of H-pyrrole nitrogens is 2. The maximum Gasteiger partial charge on any atom is 0.261 e. The van der Waals surface area contributed by atoms with Crippen molar-refractivity contribution in [3.05, 3.63) is 57.6 Å². The number of nitrogens with one attached hydrogen (secondary N) is 3. The van der Waals surface area contributed by atoms with E-state index in [1.807, 2.05) is 12.1 Å². The van der Waals surface area contributed by atoms with Gasteiger partial charge in [0.25, 0.3) is 11.5 Å². The summed E-state index contributed by atoms with van der Waals surface area (Å²) >= 11 is 0. The van der Waals surface area contributed by atoms with Crippen LogP contribution in [-0.2, 0) is 12.8 Å². The number of carbonyl (C=O) groups is 1. The lowest BCUT2D eigenvalue weighted by molar-refractivity contribution is 0.102. The van der Waals surface area contributed by atoms with Crippen LogP contribution in [0, 0.1) is 0 Å². The first kappa shape index (κ1) is 13.8. The summed E-state index contributed by atoms with van der Waals surface area (Å²) in [5, 5.41) is 10.5. The summed E-state index contributed by atoms with van der Waals surface area (Å²) in [7, 11) is 0. The Morgan fingerprint density at radius 1 is 1.22 bits per heavy atom. The highest BCUT2D eigenvalue weighted by atomic mass is 16.2. The number of benzene rings is 1. The number of para-hydroxylation sites is 1. The van der Waals surface area contributed by atoms with Gasteiger partial charge in [-0.2, -0.15) is 5.10 Å². The minimum absolute atomic E-state index is 0.155. The zero-order valence-electron chi connectivity index (χ0n) is 12.5. The predicted molar refractivity (Wildman–Crippen MR) is 87.8 cm³/mol. The highest BCUT2D eigenvalue weighted by molar-refractivity contribution is 6.08. The Kier molecular flexibility index (Phi) is 3.22. The molecule has 6 nitrogen and oxygen atoms in total. The largest absolute Gasteiger partial charge is 0.325 e. The Balaban J connectivity index is 1.70. The third-order valence-corrected chi connectivity index (χ3v) is 4.31. The Morgan fingerprint density at radius 3 is 3.00 bits per heavy atom. The fourth-order valence-corrected chi connectivity index (χ4v) is 3.11. The second kappa shape index (κ2) is 5.39. The molecular weight excluding hydrogens is 292 g/mol. The van der Waals surface area contributed by atoms with Crippen LogP contribution in [0.15, 0.2) is 35.3 Å². The fourth-order valence-electron chi connectivity index (χ4n) is 3.11. The Morgan fingerprint density at radius 2 is 2.09 bits per heavy atom. The molecule has 0 aliphatic heterocycles. The fraction of sp³-hybridized carbons (Fsp3) is 0.235. The second-order valence-corrected chi connectivity index (χ2v) is 5.82. The number of carbonyl (C=O) groups excluding carboxylic acids is 1. The van der Waals surface area contributed by atoms with E-state index in [9.17, 15) is 9.59 Å². The SMILES string of the molecule is O=C(Nc1cccc2cn[nH]c12)c1cc2c([nH]c1=O)CCCC2. The molecule has 0 atom stereocenters. The number of nitrogens with zero attached hydrogens (tertiary/aromatic N) is 1. The third kappa shape index (κ3) is 2.42. The van der Waals surface area contributed by atoms with Crippen molar-refractivity contribution in [2.75, 3.05) is 5.32 Å². The molecule has 0 saturated heterocycles. The molecule has 0 unspecified atom stereocenters. The lowest BCUT2D eigenvalue weighted by Gasteiger charge is -2.16. The number of aromatic amines is 2. The number of pyridine rings is 1. The number of hydrogen-bond acceptors (Lipinski definition) is 3. The topological polar surface area (TPSA) is 90.6 Å². The number of hydrogen-bond donors (Lipinski definition) is 3. The van der Waals surface area contributed by atoms with Crippen LogP contribution in [0.1, 0.15) is 34.5 Å². The lowest BCUT2D eigenvalue weighted by atomic mass is 9.95. The monoisotopic (exact) mass is 308 g/mol. The molecular formula is C17H16N4O2. The summed E-state index contributed by atoms with van der Waals surface area (Å²) in [5.41, 5.74) is 3.22. The molecule has 2 aromatic heterocycles. The summed E-state index contributed by atoms with van der Waals surface area (Å²) in [6.07, 6.45) is 5.64. The van der Waals surface area contributed by atoms with Gasteiger partial charge in [-0.1, -0.05) is 12.1 Å². The van der Waals surface area contributed by atoms with Crippen LogP contribution in [0.4, 0.5) is 5.69 Å². The van der Waals surface area contributed by atoms with E-state index >= 15 is 0 Å². The van der Waals surface area contributed by atoms with Crippen molar-refractivity contribution < 1.29 is 4.79 Å². The van der Waals surface area contributed by atoms with Gasteiger partial charge in [0.15, 0.2) is 0 Å². The van der Waals surface area contributed by atoms with Crippen LogP contribution < -0.4 is 10.9 Å². The van der Waals surface area contributed by atoms with Crippen molar-refractivity contribution in [3.63, 3.8) is 0 Å². The Hall–Kier alpha value is -2.89. The number of aromatic nitrogens is 3. The van der Waals surface area contributed by atoms with E-state index in [2.05, 4.69) is 20.5 Å². The number of amides is 1. The van der Waals surface area contributed by atoms with Crippen LogP contribution in [0.2, 0.25) is 0 Å². The molecule has 1 aliphatic rings. The van der Waals surface area contributed by atoms with Crippen molar-refractivity contribution in [1.29, 1.82) is 0 Å². The molecule has 0 spiro atoms. The Bertz CT molecular complexity index is 955. The van der Waals surface area contributed by atoms with Gasteiger partial charge in [-0.15, -0.1) is 0 Å². The van der Waals surface area contributed by atoms with Crippen LogP contribution in [-0.4, -0.2) is 21.1 Å². The van der Waals surface area contributed by atoms with Crippen molar-refractivity contribution in [2.24, 2.45) is 0 Å². The molecule has 3 N–H and O–H groups in total. The first-order valence-electron chi connectivity index (χ1n) is 7.71. The number of anilines is 1. The highest BCUT2D eigenvalue weighted by Crippen LogP contribution is 2.22. The molecule has 2 heterocycles. The molecule has 3 aromatic rings. The van der Waals surface area contributed by atoms with E-state index in [0.717, 1.165) is 47.8 Å². The summed E-state index contributed by atoms with van der Waals surface area (Å²) in [6, 6.07) is 7.26. The number of aryl methyl sites for hydroxylation is 2. The first-order chi connectivity index (χ1) is 11.2. The normalized spacial score (nSPS) is 13.7. The quantitative estimate of drug-likeness (QED) is 0.679. The van der Waals surface area contributed by atoms with E-state index in [4.69, 9.17) is 0 Å². The second-order valence-electron chi connectivity index (χ2n) is 5.82. The van der Waals surface area contributed by atoms with Gasteiger partial charge in [-0.25, -0.2) is 0 Å². The molecule has 1 aromatic carbocycles. The van der Waals surface area contributed by atoms with Gasteiger partial charge in [-0.05, 0) is 43.4 Å². The average Bonchev–Trinajstić information content (AvgIpc) is 3.04. The van der Waals surface area contributed by atoms with E-state index in [-0.39, 0.29) is 11.1 Å². The zero-order valence-corrected chi connectivity index (χ0v) is 12.5. The number of fused-ring (bicyclic) bond motifs is 2. The van der Waals surface area contributed by atoms with Crippen LogP contribution in [0.25, 0.3) is 10.9 Å². The Labute approximate surface area is 131 Å². The van der Waals surface area contributed by atoms with Crippen LogP contribution >= 0.6 is 0 Å². The van der Waals surface area contributed by atoms with Gasteiger partial charge in [-0.3, -0.25) is 14.7 Å². The molecule has 23 heavy (non-hydrogen) atoms. The van der Waals surface area contributed by atoms with Gasteiger partial charge < -0.3 is 10.3 Å². The minimum Gasteiger partial charge on any atom is -0.325 e. The van der Waals surface area contributed by atoms with E-state index in [1.165, 1.54) is 0 Å². The van der Waals surface area contributed by atoms with Gasteiger partial charge in [0.1, 0.15) is 5.56 Å². The molecule has 0 radical (unpaired) electrons. The molecule has 6 heteroatoms. The van der Waals surface area contributed by atoms with Crippen molar-refractivity contribution in [2.45, 2.75) is 25.7 Å². The van der Waals surface area contributed by atoms with Crippen molar-refractivity contribution in [3.8, 4) is 0 Å². The average molecular weight is 308 g/mol. The molecule has 0 saturated carbocycles. The lowest BCUT2D eigenvalue weighted by Crippen LogP contribution is -2.26. The molecule has 1 aliphatic carbocycles. The zero-order chi connectivity index (χ0) is 15.8. The molecule has 0 fully saturated rings. The van der Waals surface area contributed by atoms with Crippen LogP contribution in [0.5, 0.6) is 0 Å². The summed E-state index contributed by atoms with van der Waals surface area (Å²) in [5.74, 6) is -0.401. The summed E-state index contributed by atoms with van der Waals surface area (Å²) < 4.78 is 0. The van der Waals surface area contributed by atoms with Gasteiger partial charge >= 0.3 is 0 Å². The van der Waals surface area contributed by atoms with E-state index in [1.54, 1.807) is 18.3 Å². The van der Waals surface area contributed by atoms with Crippen LogP contribution in [0.3, 0.4) is 0 Å². The predicted octanol–water partition coefficient (Wildman–Crippen LogP) is 2.38. The smallest absolute Gasteiger partial charge is 0.261 e. The highest BCUT2D eigenvalue weighted by Gasteiger charge is 2.18. The molecule has 0 bridgehead atoms. The number of rotatable bonds is 2. The first-order valence-corrected chi connectivity index (χ1v) is 7.71. The van der Waals surface area contributed by atoms with Gasteiger partial charge in [0, 0.05) is 11.1 Å². The van der Waals surface area contributed by atoms with Crippen molar-refractivity contribution in [1.82, 2.24) is 15.2 Å². The molecule has 4 rings (SSSR count). The van der Waals surface area contributed by atoms with E-state index in [0.29, 0.717) is 5.69 Å². The molecule has 1 amide bonds. The maximum absolute atomic E-state index is 12.5. The summed E-state index contributed by atoms with van der Waals surface area (Å²) in [6.45, 7) is 0. The maximum atomic E-state index is 12.5. The summed E-state index contributed by atoms with van der Waals surface area (Å²) in [4.78, 5) is 27.6. The van der Waals surface area contributed by atoms with E-state index < -0.39 is 5.91 Å². The standard InChI is InChI=1S/C17H16N4O2/c22-16-12(8-10-4-1-2-6-13(10)19-16)17(23)20-14-7-3-5-11-9-18-21-15(11)14/h3,5,7-9H,1-2,4,6H2,(H,18,21)(H,19,22)(H,20,23). The van der Waals surface area contributed by atoms with Gasteiger partial charge in [0.2, 0.25) is 0 Å². The van der Waals surface area contributed by atoms with Gasteiger partial charge in [0.05, 0.1) is 17.4 Å². The minimum atomic E-state index is -0.401. The third-order valence-electron chi connectivity index (χ3n) is 4.31.